The highest BCUT2D eigenvalue weighted by Crippen LogP contribution is 2.23. The van der Waals surface area contributed by atoms with Gasteiger partial charge in [0.05, 0.1) is 17.2 Å². The molecule has 1 unspecified atom stereocenters. The van der Waals surface area contributed by atoms with Crippen LogP contribution in [-0.2, 0) is 4.79 Å². The van der Waals surface area contributed by atoms with Crippen LogP contribution in [0.15, 0.2) is 24.3 Å². The van der Waals surface area contributed by atoms with E-state index in [-0.39, 0.29) is 24.3 Å². The second-order valence-corrected chi connectivity index (χ2v) is 5.44. The van der Waals surface area contributed by atoms with E-state index in [2.05, 4.69) is 25.9 Å². The summed E-state index contributed by atoms with van der Waals surface area (Å²) in [4.78, 5) is 37.1. The predicted molar refractivity (Wildman–Crippen MR) is 80.7 cm³/mol. The molecule has 1 atom stereocenters. The van der Waals surface area contributed by atoms with Crippen LogP contribution in [0.4, 0.5) is 0 Å². The molecule has 0 bridgehead atoms. The Kier molecular flexibility index (Phi) is 4.32. The van der Waals surface area contributed by atoms with Gasteiger partial charge < -0.3 is 10.4 Å². The van der Waals surface area contributed by atoms with Crippen LogP contribution >= 0.6 is 0 Å². The molecule has 1 aromatic heterocycles. The van der Waals surface area contributed by atoms with E-state index in [0.29, 0.717) is 29.8 Å². The number of carbonyl (C=O) groups excluding carboxylic acids is 3. The maximum atomic E-state index is 12.3. The molecular weight excluding hydrogens is 312 g/mol. The third-order valence-electron chi connectivity index (χ3n) is 3.78. The molecule has 3 rings (SSSR count). The van der Waals surface area contributed by atoms with Crippen molar-refractivity contribution in [3.05, 3.63) is 41.2 Å². The van der Waals surface area contributed by atoms with Gasteiger partial charge in [-0.05, 0) is 25.0 Å². The topological polar surface area (TPSA) is 119 Å². The number of aromatic nitrogens is 4. The second-order valence-electron chi connectivity index (χ2n) is 5.44. The van der Waals surface area contributed by atoms with Gasteiger partial charge in [-0.15, -0.1) is 0 Å². The minimum absolute atomic E-state index is 0.231. The van der Waals surface area contributed by atoms with Gasteiger partial charge in [-0.25, -0.2) is 0 Å². The summed E-state index contributed by atoms with van der Waals surface area (Å²) in [5, 5.41) is 17.0. The van der Waals surface area contributed by atoms with E-state index in [4.69, 9.17) is 0 Å². The molecule has 1 aliphatic heterocycles. The van der Waals surface area contributed by atoms with Gasteiger partial charge in [0.2, 0.25) is 5.91 Å². The van der Waals surface area contributed by atoms with E-state index in [1.54, 1.807) is 24.3 Å². The standard InChI is InChI=1S/C15H16N6O3/c1-9(22)16-12(13-17-19-20-18-13)7-4-8-21-14(23)10-5-2-3-6-11(10)15(21)24/h2-3,5-6,12H,4,7-8H2,1H3,(H2,16,17,18,19,20,22)/p-1. The first-order valence-corrected chi connectivity index (χ1v) is 7.49. The second kappa shape index (κ2) is 6.57. The van der Waals surface area contributed by atoms with E-state index < -0.39 is 6.04 Å². The fraction of sp³-hybridized carbons (Fsp3) is 0.333. The van der Waals surface area contributed by atoms with Crippen LogP contribution < -0.4 is 10.4 Å². The maximum absolute atomic E-state index is 12.3. The first-order chi connectivity index (χ1) is 11.6. The Labute approximate surface area is 137 Å². The maximum Gasteiger partial charge on any atom is 0.261 e. The molecule has 124 valence electrons. The quantitative estimate of drug-likeness (QED) is 0.746. The summed E-state index contributed by atoms with van der Waals surface area (Å²) < 4.78 is 0. The lowest BCUT2D eigenvalue weighted by Gasteiger charge is -2.19. The van der Waals surface area contributed by atoms with Gasteiger partial charge in [-0.1, -0.05) is 12.1 Å². The number of carbonyl (C=O) groups is 3. The Balaban J connectivity index is 1.63. The number of hydrogen-bond donors (Lipinski definition) is 1. The molecule has 3 amide bonds. The molecular formula is C15H15N6O3-. The number of nitrogens with one attached hydrogen (secondary N) is 1. The van der Waals surface area contributed by atoms with E-state index in [1.807, 2.05) is 0 Å². The average Bonchev–Trinajstić information content (AvgIpc) is 3.17. The number of benzene rings is 1. The van der Waals surface area contributed by atoms with Crippen molar-refractivity contribution in [1.82, 2.24) is 30.8 Å². The van der Waals surface area contributed by atoms with Crippen LogP contribution in [0.1, 0.15) is 52.3 Å². The third-order valence-corrected chi connectivity index (χ3v) is 3.78. The highest BCUT2D eigenvalue weighted by molar-refractivity contribution is 6.21. The minimum atomic E-state index is -0.451. The van der Waals surface area contributed by atoms with Crippen LogP contribution in [0.2, 0.25) is 0 Å². The Morgan fingerprint density at radius 1 is 1.25 bits per heavy atom. The molecule has 2 aromatic rings. The Morgan fingerprint density at radius 3 is 2.46 bits per heavy atom. The van der Waals surface area contributed by atoms with Gasteiger partial charge in [0.1, 0.15) is 0 Å². The molecule has 0 spiro atoms. The summed E-state index contributed by atoms with van der Waals surface area (Å²) in [5.74, 6) is -0.503. The number of fused-ring (bicyclic) bond motifs is 1. The molecule has 0 aliphatic carbocycles. The number of nitrogens with zero attached hydrogens (tertiary/aromatic N) is 5. The molecule has 1 N–H and O–H groups in total. The van der Waals surface area contributed by atoms with Gasteiger partial charge in [-0.3, -0.25) is 29.6 Å². The SMILES string of the molecule is CC(=O)NC(CCCN1C(=O)c2ccccc2C1=O)c1nnn[n-]1. The summed E-state index contributed by atoms with van der Waals surface area (Å²) in [5.41, 5.74) is 0.849. The van der Waals surface area contributed by atoms with Crippen molar-refractivity contribution in [2.75, 3.05) is 6.54 Å². The Bertz CT molecular complexity index is 738. The van der Waals surface area contributed by atoms with E-state index in [0.717, 1.165) is 0 Å². The fourth-order valence-corrected chi connectivity index (χ4v) is 2.70. The normalized spacial score (nSPS) is 14.6. The predicted octanol–water partition coefficient (Wildman–Crippen LogP) is 0.0824. The van der Waals surface area contributed by atoms with Gasteiger partial charge in [0, 0.05) is 19.3 Å². The van der Waals surface area contributed by atoms with Gasteiger partial charge in [0.15, 0.2) is 0 Å². The van der Waals surface area contributed by atoms with E-state index >= 15 is 0 Å². The Hall–Kier alpha value is -3.10. The van der Waals surface area contributed by atoms with Crippen molar-refractivity contribution >= 4 is 17.7 Å². The number of amides is 3. The van der Waals surface area contributed by atoms with Crippen LogP contribution in [0.25, 0.3) is 0 Å². The van der Waals surface area contributed by atoms with Gasteiger partial charge >= 0.3 is 0 Å². The molecule has 24 heavy (non-hydrogen) atoms. The van der Waals surface area contributed by atoms with Crippen molar-refractivity contribution in [3.8, 4) is 0 Å². The molecule has 0 radical (unpaired) electrons. The van der Waals surface area contributed by atoms with E-state index in [9.17, 15) is 14.4 Å². The van der Waals surface area contributed by atoms with E-state index in [1.165, 1.54) is 11.8 Å². The number of hydrogen-bond acceptors (Lipinski definition) is 6. The monoisotopic (exact) mass is 327 g/mol. The molecule has 9 heteroatoms. The van der Waals surface area contributed by atoms with Gasteiger partial charge in [0.25, 0.3) is 11.8 Å². The van der Waals surface area contributed by atoms with Crippen LogP contribution in [0.3, 0.4) is 0 Å². The van der Waals surface area contributed by atoms with Crippen molar-refractivity contribution in [2.45, 2.75) is 25.8 Å². The largest absolute Gasteiger partial charge is 0.349 e. The first-order valence-electron chi connectivity index (χ1n) is 7.49. The lowest BCUT2D eigenvalue weighted by Crippen LogP contribution is -2.32. The summed E-state index contributed by atoms with van der Waals surface area (Å²) in [6.07, 6.45) is 0.950. The number of rotatable bonds is 6. The molecule has 0 saturated heterocycles. The molecule has 9 nitrogen and oxygen atoms in total. The molecule has 0 saturated carbocycles. The van der Waals surface area contributed by atoms with Crippen LogP contribution in [0.5, 0.6) is 0 Å². The van der Waals surface area contributed by atoms with Crippen molar-refractivity contribution in [2.24, 2.45) is 0 Å². The van der Waals surface area contributed by atoms with Crippen molar-refractivity contribution < 1.29 is 14.4 Å². The number of tetrazole rings is 1. The summed E-state index contributed by atoms with van der Waals surface area (Å²) in [7, 11) is 0. The zero-order valence-corrected chi connectivity index (χ0v) is 13.0. The van der Waals surface area contributed by atoms with Crippen LogP contribution in [0, 0.1) is 0 Å². The minimum Gasteiger partial charge on any atom is -0.349 e. The lowest BCUT2D eigenvalue weighted by atomic mass is 10.1. The third kappa shape index (κ3) is 3.00. The smallest absolute Gasteiger partial charge is 0.261 e. The molecule has 1 aliphatic rings. The zero-order chi connectivity index (χ0) is 17.1. The molecule has 2 heterocycles. The zero-order valence-electron chi connectivity index (χ0n) is 13.0. The Morgan fingerprint density at radius 2 is 1.92 bits per heavy atom. The molecule has 1 aromatic carbocycles. The first kappa shape index (κ1) is 15.8. The fourth-order valence-electron chi connectivity index (χ4n) is 2.70. The highest BCUT2D eigenvalue weighted by Gasteiger charge is 2.34. The van der Waals surface area contributed by atoms with Crippen LogP contribution in [-0.4, -0.2) is 44.7 Å². The van der Waals surface area contributed by atoms with Crippen molar-refractivity contribution in [3.63, 3.8) is 0 Å². The lowest BCUT2D eigenvalue weighted by molar-refractivity contribution is -0.119. The van der Waals surface area contributed by atoms with Gasteiger partial charge in [-0.2, -0.15) is 5.21 Å². The summed E-state index contributed by atoms with van der Waals surface area (Å²) >= 11 is 0. The summed E-state index contributed by atoms with van der Waals surface area (Å²) in [6, 6.07) is 6.29. The van der Waals surface area contributed by atoms with Crippen molar-refractivity contribution in [1.29, 1.82) is 0 Å². The molecule has 0 fully saturated rings. The average molecular weight is 327 g/mol. The number of imide groups is 1. The highest BCUT2D eigenvalue weighted by atomic mass is 16.2. The summed E-state index contributed by atoms with van der Waals surface area (Å²) in [6.45, 7) is 1.64.